The van der Waals surface area contributed by atoms with Crippen molar-refractivity contribution in [3.63, 3.8) is 0 Å². The number of anilines is 2. The number of rotatable bonds is 6. The van der Waals surface area contributed by atoms with E-state index in [0.717, 1.165) is 48.2 Å². The molecular weight excluding hydrogens is 394 g/mol. The van der Waals surface area contributed by atoms with Crippen LogP contribution in [0.1, 0.15) is 30.4 Å². The van der Waals surface area contributed by atoms with Crippen LogP contribution in [0.4, 0.5) is 11.4 Å². The monoisotopic (exact) mass is 421 g/mol. The Morgan fingerprint density at radius 2 is 1.84 bits per heavy atom. The highest BCUT2D eigenvalue weighted by Crippen LogP contribution is 2.36. The highest BCUT2D eigenvalue weighted by molar-refractivity contribution is 6.39. The standard InChI is InChI=1S/C24H27N3O4/c1-31-20-10-4-16(5-11-20)12-13-25-22(28)23(29)26-19-9-8-17-3-2-14-27(21(17)15-19)24(30)18-6-7-18/h4-5,8-11,15,18H,2-3,6-7,12-14H2,1H3,(H,25,28)(H,26,29). The Balaban J connectivity index is 1.33. The average Bonchev–Trinajstić information content (AvgIpc) is 3.64. The Labute approximate surface area is 181 Å². The van der Waals surface area contributed by atoms with Crippen molar-refractivity contribution in [3.8, 4) is 5.75 Å². The van der Waals surface area contributed by atoms with Crippen molar-refractivity contribution in [2.75, 3.05) is 30.4 Å². The van der Waals surface area contributed by atoms with Gasteiger partial charge in [-0.1, -0.05) is 18.2 Å². The van der Waals surface area contributed by atoms with Gasteiger partial charge < -0.3 is 20.3 Å². The lowest BCUT2D eigenvalue weighted by Crippen LogP contribution is -2.37. The van der Waals surface area contributed by atoms with E-state index in [4.69, 9.17) is 4.74 Å². The zero-order valence-corrected chi connectivity index (χ0v) is 17.6. The van der Waals surface area contributed by atoms with Crippen molar-refractivity contribution in [2.45, 2.75) is 32.1 Å². The summed E-state index contributed by atoms with van der Waals surface area (Å²) in [6.45, 7) is 1.05. The fourth-order valence-electron chi connectivity index (χ4n) is 3.81. The van der Waals surface area contributed by atoms with Gasteiger partial charge in [0, 0.05) is 30.4 Å². The SMILES string of the molecule is COc1ccc(CCNC(=O)C(=O)Nc2ccc3c(c2)N(C(=O)C2CC2)CCC3)cc1. The van der Waals surface area contributed by atoms with E-state index in [1.807, 2.05) is 35.2 Å². The number of fused-ring (bicyclic) bond motifs is 1. The maximum atomic E-state index is 12.6. The molecule has 7 heteroatoms. The molecular formula is C24H27N3O4. The third-order valence-electron chi connectivity index (χ3n) is 5.72. The van der Waals surface area contributed by atoms with E-state index < -0.39 is 11.8 Å². The number of hydrogen-bond donors (Lipinski definition) is 2. The summed E-state index contributed by atoms with van der Waals surface area (Å²) < 4.78 is 5.12. The Morgan fingerprint density at radius 1 is 1.06 bits per heavy atom. The third-order valence-corrected chi connectivity index (χ3v) is 5.72. The van der Waals surface area contributed by atoms with Crippen LogP contribution in [0.2, 0.25) is 0 Å². The van der Waals surface area contributed by atoms with Crippen molar-refractivity contribution in [2.24, 2.45) is 5.92 Å². The highest BCUT2D eigenvalue weighted by atomic mass is 16.5. The first-order chi connectivity index (χ1) is 15.0. The summed E-state index contributed by atoms with van der Waals surface area (Å²) in [7, 11) is 1.61. The normalized spacial score (nSPS) is 15.1. The van der Waals surface area contributed by atoms with Gasteiger partial charge in [0.15, 0.2) is 0 Å². The first-order valence-corrected chi connectivity index (χ1v) is 10.7. The molecule has 3 amide bonds. The minimum Gasteiger partial charge on any atom is -0.497 e. The lowest BCUT2D eigenvalue weighted by molar-refractivity contribution is -0.136. The van der Waals surface area contributed by atoms with Crippen molar-refractivity contribution in [1.29, 1.82) is 0 Å². The number of carbonyl (C=O) groups is 3. The van der Waals surface area contributed by atoms with E-state index in [0.29, 0.717) is 25.2 Å². The lowest BCUT2D eigenvalue weighted by atomic mass is 10.0. The first kappa shape index (κ1) is 20.9. The van der Waals surface area contributed by atoms with Gasteiger partial charge in [0.05, 0.1) is 7.11 Å². The first-order valence-electron chi connectivity index (χ1n) is 10.7. The van der Waals surface area contributed by atoms with Crippen LogP contribution in [-0.2, 0) is 27.2 Å². The fraction of sp³-hybridized carbons (Fsp3) is 0.375. The number of nitrogens with zero attached hydrogens (tertiary/aromatic N) is 1. The topological polar surface area (TPSA) is 87.7 Å². The maximum Gasteiger partial charge on any atom is 0.313 e. The largest absolute Gasteiger partial charge is 0.497 e. The molecule has 0 bridgehead atoms. The third kappa shape index (κ3) is 5.05. The van der Waals surface area contributed by atoms with Crippen molar-refractivity contribution < 1.29 is 19.1 Å². The van der Waals surface area contributed by atoms with Gasteiger partial charge in [-0.15, -0.1) is 0 Å². The molecule has 4 rings (SSSR count). The number of nitrogens with one attached hydrogen (secondary N) is 2. The molecule has 2 N–H and O–H groups in total. The molecule has 1 heterocycles. The van der Waals surface area contributed by atoms with E-state index in [2.05, 4.69) is 10.6 Å². The molecule has 2 aromatic carbocycles. The van der Waals surface area contributed by atoms with E-state index in [1.165, 1.54) is 0 Å². The van der Waals surface area contributed by atoms with Crippen molar-refractivity contribution >= 4 is 29.1 Å². The zero-order valence-electron chi connectivity index (χ0n) is 17.6. The fourth-order valence-corrected chi connectivity index (χ4v) is 3.81. The van der Waals surface area contributed by atoms with Crippen LogP contribution in [0.25, 0.3) is 0 Å². The van der Waals surface area contributed by atoms with Crippen LogP contribution >= 0.6 is 0 Å². The molecule has 1 saturated carbocycles. The Kier molecular flexibility index (Phi) is 6.21. The smallest absolute Gasteiger partial charge is 0.313 e. The molecule has 162 valence electrons. The molecule has 0 aromatic heterocycles. The summed E-state index contributed by atoms with van der Waals surface area (Å²) in [6.07, 6.45) is 4.37. The molecule has 2 aliphatic rings. The second-order valence-electron chi connectivity index (χ2n) is 8.02. The molecule has 0 spiro atoms. The molecule has 1 aliphatic carbocycles. The average molecular weight is 421 g/mol. The van der Waals surface area contributed by atoms with Crippen molar-refractivity contribution in [1.82, 2.24) is 5.32 Å². The minimum atomic E-state index is -0.717. The van der Waals surface area contributed by atoms with Gasteiger partial charge in [-0.05, 0) is 67.5 Å². The number of carbonyl (C=O) groups excluding carboxylic acids is 3. The Bertz CT molecular complexity index is 983. The lowest BCUT2D eigenvalue weighted by Gasteiger charge is -2.30. The number of hydrogen-bond acceptors (Lipinski definition) is 4. The number of amides is 3. The van der Waals surface area contributed by atoms with E-state index in [1.54, 1.807) is 19.2 Å². The number of ether oxygens (including phenoxy) is 1. The van der Waals surface area contributed by atoms with E-state index >= 15 is 0 Å². The summed E-state index contributed by atoms with van der Waals surface area (Å²) in [5.74, 6) is -0.321. The molecule has 2 aromatic rings. The van der Waals surface area contributed by atoms with Crippen molar-refractivity contribution in [3.05, 3.63) is 53.6 Å². The molecule has 7 nitrogen and oxygen atoms in total. The number of benzene rings is 2. The van der Waals surface area contributed by atoms with Gasteiger partial charge in [0.1, 0.15) is 5.75 Å². The predicted octanol–water partition coefficient (Wildman–Crippen LogP) is 2.68. The quantitative estimate of drug-likeness (QED) is 0.702. The zero-order chi connectivity index (χ0) is 21.8. The Morgan fingerprint density at radius 3 is 2.55 bits per heavy atom. The van der Waals surface area contributed by atoms with Crippen LogP contribution in [0.5, 0.6) is 5.75 Å². The molecule has 0 radical (unpaired) electrons. The van der Waals surface area contributed by atoms with Gasteiger partial charge in [-0.25, -0.2) is 0 Å². The second kappa shape index (κ2) is 9.20. The van der Waals surface area contributed by atoms with Gasteiger partial charge in [-0.2, -0.15) is 0 Å². The van der Waals surface area contributed by atoms with Crippen LogP contribution in [0.3, 0.4) is 0 Å². The van der Waals surface area contributed by atoms with Gasteiger partial charge >= 0.3 is 11.8 Å². The van der Waals surface area contributed by atoms with Crippen LogP contribution in [0.15, 0.2) is 42.5 Å². The highest BCUT2D eigenvalue weighted by Gasteiger charge is 2.35. The van der Waals surface area contributed by atoms with Crippen LogP contribution in [0, 0.1) is 5.92 Å². The molecule has 1 aliphatic heterocycles. The number of aryl methyl sites for hydroxylation is 1. The van der Waals surface area contributed by atoms with Gasteiger partial charge in [-0.3, -0.25) is 14.4 Å². The number of methoxy groups -OCH3 is 1. The Hall–Kier alpha value is -3.35. The van der Waals surface area contributed by atoms with Gasteiger partial charge in [0.25, 0.3) is 0 Å². The molecule has 0 saturated heterocycles. The summed E-state index contributed by atoms with van der Waals surface area (Å²) in [6, 6.07) is 13.1. The summed E-state index contributed by atoms with van der Waals surface area (Å²) in [4.78, 5) is 38.9. The summed E-state index contributed by atoms with van der Waals surface area (Å²) >= 11 is 0. The summed E-state index contributed by atoms with van der Waals surface area (Å²) in [5.41, 5.74) is 3.50. The molecule has 0 unspecified atom stereocenters. The molecule has 0 atom stereocenters. The van der Waals surface area contributed by atoms with Crippen LogP contribution < -0.4 is 20.3 Å². The molecule has 1 fully saturated rings. The summed E-state index contributed by atoms with van der Waals surface area (Å²) in [5, 5.41) is 5.30. The second-order valence-corrected chi connectivity index (χ2v) is 8.02. The molecule has 31 heavy (non-hydrogen) atoms. The minimum absolute atomic E-state index is 0.140. The predicted molar refractivity (Wildman–Crippen MR) is 118 cm³/mol. The van der Waals surface area contributed by atoms with E-state index in [-0.39, 0.29) is 11.8 Å². The van der Waals surface area contributed by atoms with Crippen LogP contribution in [-0.4, -0.2) is 37.9 Å². The maximum absolute atomic E-state index is 12.6. The van der Waals surface area contributed by atoms with E-state index in [9.17, 15) is 14.4 Å². The van der Waals surface area contributed by atoms with Gasteiger partial charge in [0.2, 0.25) is 5.91 Å².